The smallest absolute Gasteiger partial charge is 0.0931 e. The minimum absolute atomic E-state index is 0.985. The first kappa shape index (κ1) is 14.0. The quantitative estimate of drug-likeness (QED) is 0.471. The molecular weight excluding hydrogens is 322 g/mol. The average Bonchev–Trinajstić information content (AvgIpc) is 3.35. The summed E-state index contributed by atoms with van der Waals surface area (Å²) in [6, 6.07) is 10.6. The van der Waals surface area contributed by atoms with Crippen LogP contribution in [0.1, 0.15) is 24.0 Å². The lowest BCUT2D eigenvalue weighted by Crippen LogP contribution is -2.07. The number of hydrogen-bond donors (Lipinski definition) is 2. The first-order chi connectivity index (χ1) is 12.9. The molecule has 2 aromatic carbocycles. The highest BCUT2D eigenvalue weighted by Crippen LogP contribution is 2.38. The maximum atomic E-state index is 5.10. The molecule has 0 amide bonds. The molecule has 2 N–H and O–H groups in total. The van der Waals surface area contributed by atoms with E-state index in [2.05, 4.69) is 50.5 Å². The van der Waals surface area contributed by atoms with Gasteiger partial charge in [0.05, 0.1) is 40.3 Å². The van der Waals surface area contributed by atoms with E-state index in [0.29, 0.717) is 0 Å². The molecule has 0 bridgehead atoms. The number of benzene rings is 2. The van der Waals surface area contributed by atoms with Gasteiger partial charge in [0.25, 0.3) is 0 Å². The highest BCUT2D eigenvalue weighted by molar-refractivity contribution is 6.07. The molecule has 5 heteroatoms. The highest BCUT2D eigenvalue weighted by atomic mass is 15.1. The lowest BCUT2D eigenvalue weighted by Gasteiger charge is -2.21. The molecule has 0 radical (unpaired) electrons. The summed E-state index contributed by atoms with van der Waals surface area (Å²) in [5.41, 5.74) is 9.28. The van der Waals surface area contributed by atoms with Gasteiger partial charge >= 0.3 is 0 Å². The maximum Gasteiger partial charge on any atom is 0.0931 e. The van der Waals surface area contributed by atoms with Crippen LogP contribution in [0.4, 0.5) is 0 Å². The Bertz CT molecular complexity index is 1290. The van der Waals surface area contributed by atoms with Gasteiger partial charge in [-0.1, -0.05) is 6.07 Å². The second kappa shape index (κ2) is 5.14. The molecule has 1 aliphatic rings. The largest absolute Gasteiger partial charge is 0.345 e. The lowest BCUT2D eigenvalue weighted by molar-refractivity contribution is 0.689. The summed E-state index contributed by atoms with van der Waals surface area (Å²) in [7, 11) is 0. The zero-order chi connectivity index (χ0) is 17.1. The van der Waals surface area contributed by atoms with Gasteiger partial charge in [-0.25, -0.2) is 9.97 Å². The van der Waals surface area contributed by atoms with Crippen LogP contribution >= 0.6 is 0 Å². The molecule has 0 spiro atoms. The second-order valence-corrected chi connectivity index (χ2v) is 7.05. The van der Waals surface area contributed by atoms with Crippen molar-refractivity contribution in [3.05, 3.63) is 54.0 Å². The molecule has 0 aliphatic heterocycles. The van der Waals surface area contributed by atoms with E-state index >= 15 is 0 Å². The van der Waals surface area contributed by atoms with E-state index in [1.165, 1.54) is 34.7 Å². The Balaban J connectivity index is 1.71. The molecule has 0 fully saturated rings. The van der Waals surface area contributed by atoms with Crippen LogP contribution in [0.2, 0.25) is 0 Å². The first-order valence-electron chi connectivity index (χ1n) is 9.09. The van der Waals surface area contributed by atoms with Crippen LogP contribution in [0, 0.1) is 0 Å². The summed E-state index contributed by atoms with van der Waals surface area (Å²) < 4.78 is 0. The van der Waals surface area contributed by atoms with E-state index in [4.69, 9.17) is 4.98 Å². The van der Waals surface area contributed by atoms with Crippen LogP contribution in [0.25, 0.3) is 44.1 Å². The molecule has 5 nitrogen and oxygen atoms in total. The molecular formula is C21H17N5. The normalized spacial score (nSPS) is 14.3. The van der Waals surface area contributed by atoms with Crippen molar-refractivity contribution < 1.29 is 0 Å². The van der Waals surface area contributed by atoms with Crippen molar-refractivity contribution >= 4 is 32.8 Å². The topological polar surface area (TPSA) is 70.2 Å². The van der Waals surface area contributed by atoms with Gasteiger partial charge in [0.2, 0.25) is 0 Å². The van der Waals surface area contributed by atoms with Crippen LogP contribution < -0.4 is 0 Å². The number of nitrogens with one attached hydrogen (secondary N) is 2. The van der Waals surface area contributed by atoms with Crippen LogP contribution in [-0.4, -0.2) is 25.1 Å². The van der Waals surface area contributed by atoms with Gasteiger partial charge in [0.1, 0.15) is 0 Å². The molecule has 0 unspecified atom stereocenters. The van der Waals surface area contributed by atoms with Gasteiger partial charge < -0.3 is 4.98 Å². The van der Waals surface area contributed by atoms with Gasteiger partial charge in [-0.15, -0.1) is 0 Å². The minimum atomic E-state index is 0.985. The molecule has 5 aromatic rings. The molecule has 0 atom stereocenters. The first-order valence-corrected chi connectivity index (χ1v) is 9.09. The van der Waals surface area contributed by atoms with Crippen molar-refractivity contribution in [3.63, 3.8) is 0 Å². The third kappa shape index (κ3) is 1.88. The van der Waals surface area contributed by atoms with Gasteiger partial charge in [-0.05, 0) is 61.1 Å². The summed E-state index contributed by atoms with van der Waals surface area (Å²) in [4.78, 5) is 12.7. The third-order valence-electron chi connectivity index (χ3n) is 5.58. The Kier molecular flexibility index (Phi) is 2.77. The number of aromatic nitrogens is 5. The van der Waals surface area contributed by atoms with Crippen molar-refractivity contribution in [3.8, 4) is 11.3 Å². The van der Waals surface area contributed by atoms with Crippen molar-refractivity contribution in [1.82, 2.24) is 25.1 Å². The second-order valence-electron chi connectivity index (χ2n) is 7.05. The Hall–Kier alpha value is -3.21. The summed E-state index contributed by atoms with van der Waals surface area (Å²) in [5, 5.41) is 9.79. The number of pyridine rings is 1. The van der Waals surface area contributed by atoms with Gasteiger partial charge in [0, 0.05) is 16.3 Å². The standard InChI is InChI=1S/C21H17N5/c1-2-4-14-13(3-1)20-15-10-24-26-16(15)7-8-18(20)25-21(14)12-5-6-17-19(9-12)23-11-22-17/h5-11H,1-4H2,(H,22,23)(H,24,26). The van der Waals surface area contributed by atoms with Gasteiger partial charge in [0.15, 0.2) is 0 Å². The maximum absolute atomic E-state index is 5.10. The molecule has 3 aromatic heterocycles. The highest BCUT2D eigenvalue weighted by Gasteiger charge is 2.21. The lowest BCUT2D eigenvalue weighted by atomic mass is 9.85. The monoisotopic (exact) mass is 339 g/mol. The Morgan fingerprint density at radius 2 is 1.77 bits per heavy atom. The molecule has 3 heterocycles. The zero-order valence-electron chi connectivity index (χ0n) is 14.2. The molecule has 0 saturated heterocycles. The van der Waals surface area contributed by atoms with Crippen molar-refractivity contribution in [2.24, 2.45) is 0 Å². The minimum Gasteiger partial charge on any atom is -0.345 e. The number of hydrogen-bond acceptors (Lipinski definition) is 3. The average molecular weight is 339 g/mol. The summed E-state index contributed by atoms with van der Waals surface area (Å²) in [6.45, 7) is 0. The number of H-pyrrole nitrogens is 2. The molecule has 126 valence electrons. The Labute approximate surface area is 149 Å². The van der Waals surface area contributed by atoms with E-state index in [9.17, 15) is 0 Å². The van der Waals surface area contributed by atoms with Crippen LogP contribution in [-0.2, 0) is 12.8 Å². The van der Waals surface area contributed by atoms with Crippen molar-refractivity contribution in [1.29, 1.82) is 0 Å². The predicted octanol–water partition coefficient (Wildman–Crippen LogP) is 4.53. The molecule has 26 heavy (non-hydrogen) atoms. The van der Waals surface area contributed by atoms with Gasteiger partial charge in [-0.2, -0.15) is 5.10 Å². The number of aryl methyl sites for hydroxylation is 1. The van der Waals surface area contributed by atoms with E-state index in [-0.39, 0.29) is 0 Å². The van der Waals surface area contributed by atoms with E-state index in [0.717, 1.165) is 46.2 Å². The fourth-order valence-electron chi connectivity index (χ4n) is 4.36. The molecule has 6 rings (SSSR count). The Morgan fingerprint density at radius 1 is 0.885 bits per heavy atom. The predicted molar refractivity (Wildman–Crippen MR) is 103 cm³/mol. The zero-order valence-corrected chi connectivity index (χ0v) is 14.2. The molecule has 1 aliphatic carbocycles. The fourth-order valence-corrected chi connectivity index (χ4v) is 4.36. The van der Waals surface area contributed by atoms with E-state index in [1.807, 2.05) is 6.20 Å². The fraction of sp³-hybridized carbons (Fsp3) is 0.190. The third-order valence-corrected chi connectivity index (χ3v) is 5.58. The van der Waals surface area contributed by atoms with Crippen LogP contribution in [0.5, 0.6) is 0 Å². The Morgan fingerprint density at radius 3 is 2.73 bits per heavy atom. The summed E-state index contributed by atoms with van der Waals surface area (Å²) in [5.74, 6) is 0. The summed E-state index contributed by atoms with van der Waals surface area (Å²) >= 11 is 0. The summed E-state index contributed by atoms with van der Waals surface area (Å²) in [6.07, 6.45) is 8.32. The molecule has 0 saturated carbocycles. The number of aromatic amines is 2. The van der Waals surface area contributed by atoms with Crippen molar-refractivity contribution in [2.75, 3.05) is 0 Å². The number of fused-ring (bicyclic) bond motifs is 6. The van der Waals surface area contributed by atoms with Crippen LogP contribution in [0.15, 0.2) is 42.9 Å². The van der Waals surface area contributed by atoms with E-state index in [1.54, 1.807) is 6.33 Å². The SMILES string of the molecule is c1nc2cc(-c3nc4ccc5[nH]ncc5c4c4c3CCCC4)ccc2[nH]1. The van der Waals surface area contributed by atoms with Crippen LogP contribution in [0.3, 0.4) is 0 Å². The number of rotatable bonds is 1. The number of imidazole rings is 1. The van der Waals surface area contributed by atoms with Crippen molar-refractivity contribution in [2.45, 2.75) is 25.7 Å². The van der Waals surface area contributed by atoms with E-state index < -0.39 is 0 Å². The number of nitrogens with zero attached hydrogens (tertiary/aromatic N) is 3. The van der Waals surface area contributed by atoms with Gasteiger partial charge in [-0.3, -0.25) is 5.10 Å².